The highest BCUT2D eigenvalue weighted by molar-refractivity contribution is 14.0. The van der Waals surface area contributed by atoms with Crippen molar-refractivity contribution in [2.45, 2.75) is 59.3 Å². The number of fused-ring (bicyclic) bond motifs is 1. The monoisotopic (exact) mass is 558 g/mol. The zero-order valence-corrected chi connectivity index (χ0v) is 22.1. The van der Waals surface area contributed by atoms with Crippen LogP contribution in [-0.2, 0) is 19.5 Å². The zero-order valence-electron chi connectivity index (χ0n) is 19.0. The number of halogens is 1. The van der Waals surface area contributed by atoms with E-state index >= 15 is 0 Å². The van der Waals surface area contributed by atoms with Crippen LogP contribution in [0.4, 0.5) is 0 Å². The molecule has 3 aliphatic rings. The molecule has 10 heteroatoms. The fourth-order valence-electron chi connectivity index (χ4n) is 4.84. The van der Waals surface area contributed by atoms with Gasteiger partial charge in [0, 0.05) is 56.7 Å². The zero-order chi connectivity index (χ0) is 21.2. The van der Waals surface area contributed by atoms with Gasteiger partial charge in [-0.3, -0.25) is 4.99 Å². The van der Waals surface area contributed by atoms with Gasteiger partial charge < -0.3 is 19.7 Å². The van der Waals surface area contributed by atoms with Gasteiger partial charge >= 0.3 is 0 Å². The van der Waals surface area contributed by atoms with E-state index in [1.165, 1.54) is 0 Å². The largest absolute Gasteiger partial charge is 0.378 e. The van der Waals surface area contributed by atoms with E-state index in [9.17, 15) is 8.42 Å². The van der Waals surface area contributed by atoms with E-state index in [4.69, 9.17) is 14.5 Å². The number of rotatable bonds is 7. The molecule has 3 atom stereocenters. The minimum Gasteiger partial charge on any atom is -0.378 e. The first-order chi connectivity index (χ1) is 13.7. The molecule has 1 saturated carbocycles. The number of hydrogen-bond acceptors (Lipinski definition) is 5. The number of ether oxygens (including phenoxy) is 2. The predicted molar refractivity (Wildman–Crippen MR) is 130 cm³/mol. The molecule has 0 amide bonds. The van der Waals surface area contributed by atoms with Gasteiger partial charge in [-0.2, -0.15) is 4.31 Å². The number of piperazine rings is 1. The van der Waals surface area contributed by atoms with Gasteiger partial charge in [0.2, 0.25) is 10.0 Å². The van der Waals surface area contributed by atoms with Gasteiger partial charge in [0.25, 0.3) is 0 Å². The van der Waals surface area contributed by atoms with E-state index in [2.05, 4.69) is 24.1 Å². The van der Waals surface area contributed by atoms with Crippen molar-refractivity contribution < 1.29 is 17.9 Å². The normalized spacial score (nSPS) is 29.3. The van der Waals surface area contributed by atoms with Crippen LogP contribution >= 0.6 is 24.0 Å². The maximum absolute atomic E-state index is 12.6. The molecule has 8 nitrogen and oxygen atoms in total. The van der Waals surface area contributed by atoms with Crippen LogP contribution in [0.1, 0.15) is 41.0 Å². The van der Waals surface area contributed by atoms with Crippen molar-refractivity contribution in [3.63, 3.8) is 0 Å². The molecule has 30 heavy (non-hydrogen) atoms. The molecule has 2 aliphatic heterocycles. The van der Waals surface area contributed by atoms with Crippen LogP contribution < -0.4 is 5.32 Å². The molecular formula is C20H39IN4O4S. The minimum absolute atomic E-state index is 0. The Balaban J connectivity index is 0.00000320. The van der Waals surface area contributed by atoms with Crippen molar-refractivity contribution in [2.75, 3.05) is 51.7 Å². The Morgan fingerprint density at radius 3 is 2.53 bits per heavy atom. The number of guanidine groups is 1. The van der Waals surface area contributed by atoms with E-state index in [0.717, 1.165) is 19.0 Å². The third kappa shape index (κ3) is 5.60. The molecular weight excluding hydrogens is 519 g/mol. The highest BCUT2D eigenvalue weighted by Crippen LogP contribution is 2.52. The van der Waals surface area contributed by atoms with Crippen LogP contribution in [0.25, 0.3) is 0 Å². The average molecular weight is 559 g/mol. The molecule has 2 saturated heterocycles. The van der Waals surface area contributed by atoms with Gasteiger partial charge in [-0.25, -0.2) is 8.42 Å². The van der Waals surface area contributed by atoms with E-state index in [1.54, 1.807) is 4.31 Å². The van der Waals surface area contributed by atoms with Crippen molar-refractivity contribution >= 4 is 40.0 Å². The average Bonchev–Trinajstić information content (AvgIpc) is 3.12. The summed E-state index contributed by atoms with van der Waals surface area (Å²) in [6.45, 7) is 14.4. The molecule has 0 aromatic heterocycles. The lowest BCUT2D eigenvalue weighted by Crippen LogP contribution is -2.68. The first-order valence-corrected chi connectivity index (χ1v) is 12.5. The van der Waals surface area contributed by atoms with Gasteiger partial charge in [-0.15, -0.1) is 24.0 Å². The molecule has 2 heterocycles. The minimum atomic E-state index is -3.28. The third-order valence-corrected chi connectivity index (χ3v) is 8.25. The van der Waals surface area contributed by atoms with Crippen LogP contribution in [0.15, 0.2) is 4.99 Å². The number of aliphatic imine (C=N–C) groups is 1. The molecule has 3 unspecified atom stereocenters. The quantitative estimate of drug-likeness (QED) is 0.292. The van der Waals surface area contributed by atoms with Crippen molar-refractivity contribution in [1.82, 2.24) is 14.5 Å². The number of nitrogens with one attached hydrogen (secondary N) is 1. The summed E-state index contributed by atoms with van der Waals surface area (Å²) in [6.07, 6.45) is 1.47. The smallest absolute Gasteiger partial charge is 0.216 e. The van der Waals surface area contributed by atoms with Gasteiger partial charge in [0.15, 0.2) is 5.96 Å². The maximum atomic E-state index is 12.6. The molecule has 0 spiro atoms. The second kappa shape index (κ2) is 10.6. The topological polar surface area (TPSA) is 83.5 Å². The second-order valence-electron chi connectivity index (χ2n) is 9.11. The number of nitrogens with zero attached hydrogens (tertiary/aromatic N) is 3. The Morgan fingerprint density at radius 2 is 1.93 bits per heavy atom. The van der Waals surface area contributed by atoms with E-state index in [-0.39, 0.29) is 47.9 Å². The standard InChI is InChI=1S/C20H38N4O4S.HI/c1-6-21-19(22-17-16-7-12-28-18(16)20(17,4)5)23-8-10-24(11-9-23)29(25,26)14-13-27-15(2)3;/h15-18H,6-14H2,1-5H3,(H,21,22);1H. The van der Waals surface area contributed by atoms with E-state index in [1.807, 2.05) is 20.8 Å². The highest BCUT2D eigenvalue weighted by atomic mass is 127. The summed E-state index contributed by atoms with van der Waals surface area (Å²) in [5.41, 5.74) is 0.0806. The molecule has 0 aromatic rings. The summed E-state index contributed by atoms with van der Waals surface area (Å²) in [5, 5.41) is 3.69. The summed E-state index contributed by atoms with van der Waals surface area (Å²) >= 11 is 0. The van der Waals surface area contributed by atoms with Crippen molar-refractivity contribution in [2.24, 2.45) is 16.3 Å². The molecule has 3 fully saturated rings. The van der Waals surface area contributed by atoms with Crippen LogP contribution in [-0.4, -0.2) is 93.5 Å². The van der Waals surface area contributed by atoms with Gasteiger partial charge in [0.1, 0.15) is 0 Å². The van der Waals surface area contributed by atoms with Crippen LogP contribution in [0, 0.1) is 11.3 Å². The van der Waals surface area contributed by atoms with Crippen LogP contribution in [0.5, 0.6) is 0 Å². The highest BCUT2D eigenvalue weighted by Gasteiger charge is 2.59. The second-order valence-corrected chi connectivity index (χ2v) is 11.2. The molecule has 0 bridgehead atoms. The Morgan fingerprint density at radius 1 is 1.27 bits per heavy atom. The van der Waals surface area contributed by atoms with Gasteiger partial charge in [-0.1, -0.05) is 13.8 Å². The Labute approximate surface area is 199 Å². The van der Waals surface area contributed by atoms with E-state index < -0.39 is 10.0 Å². The summed E-state index contributed by atoms with van der Waals surface area (Å²) in [5.74, 6) is 1.48. The molecule has 0 aromatic carbocycles. The fourth-order valence-corrected chi connectivity index (χ4v) is 6.12. The first kappa shape index (κ1) is 26.1. The number of sulfonamides is 1. The molecule has 1 N–H and O–H groups in total. The van der Waals surface area contributed by atoms with Crippen LogP contribution in [0.2, 0.25) is 0 Å². The van der Waals surface area contributed by atoms with Gasteiger partial charge in [-0.05, 0) is 27.2 Å². The first-order valence-electron chi connectivity index (χ1n) is 10.9. The number of hydrogen-bond donors (Lipinski definition) is 1. The lowest BCUT2D eigenvalue weighted by atomic mass is 9.57. The van der Waals surface area contributed by atoms with E-state index in [0.29, 0.717) is 50.8 Å². The maximum Gasteiger partial charge on any atom is 0.216 e. The molecule has 3 rings (SSSR count). The molecule has 176 valence electrons. The summed E-state index contributed by atoms with van der Waals surface area (Å²) in [7, 11) is -3.28. The predicted octanol–water partition coefficient (Wildman–Crippen LogP) is 1.76. The lowest BCUT2D eigenvalue weighted by Gasteiger charge is -2.55. The van der Waals surface area contributed by atoms with Gasteiger partial charge in [0.05, 0.1) is 24.6 Å². The van der Waals surface area contributed by atoms with Crippen molar-refractivity contribution in [3.05, 3.63) is 0 Å². The SMILES string of the molecule is CCN=C(NC1C2CCOC2C1(C)C)N1CCN(S(=O)(=O)CCOC(C)C)CC1.I. The third-order valence-electron chi connectivity index (χ3n) is 6.42. The Hall–Kier alpha value is -0.170. The van der Waals surface area contributed by atoms with Crippen molar-refractivity contribution in [3.8, 4) is 0 Å². The molecule has 1 aliphatic carbocycles. The summed E-state index contributed by atoms with van der Waals surface area (Å²) in [6, 6.07) is 0.343. The molecule has 0 radical (unpaired) electrons. The Bertz CT molecular complexity index is 693. The van der Waals surface area contributed by atoms with Crippen molar-refractivity contribution in [1.29, 1.82) is 0 Å². The Kier molecular flexibility index (Phi) is 9.24. The fraction of sp³-hybridized carbons (Fsp3) is 0.950. The summed E-state index contributed by atoms with van der Waals surface area (Å²) in [4.78, 5) is 6.90. The van der Waals surface area contributed by atoms with Crippen LogP contribution in [0.3, 0.4) is 0 Å². The summed E-state index contributed by atoms with van der Waals surface area (Å²) < 4.78 is 38.1. The lowest BCUT2D eigenvalue weighted by molar-refractivity contribution is -0.107.